The van der Waals surface area contributed by atoms with E-state index >= 15 is 0 Å². The van der Waals surface area contributed by atoms with Crippen molar-refractivity contribution in [2.75, 3.05) is 24.3 Å². The molecule has 0 saturated heterocycles. The number of aromatic nitrogens is 2. The summed E-state index contributed by atoms with van der Waals surface area (Å²) < 4.78 is 19.8. The van der Waals surface area contributed by atoms with Gasteiger partial charge >= 0.3 is 0 Å². The van der Waals surface area contributed by atoms with Gasteiger partial charge in [-0.1, -0.05) is 6.92 Å². The Balaban J connectivity index is 2.22. The van der Waals surface area contributed by atoms with Crippen LogP contribution in [0.5, 0.6) is 5.75 Å². The zero-order valence-electron chi connectivity index (χ0n) is 11.8. The van der Waals surface area contributed by atoms with E-state index in [0.717, 1.165) is 23.6 Å². The van der Waals surface area contributed by atoms with Gasteiger partial charge in [-0.15, -0.1) is 0 Å². The Morgan fingerprint density at radius 3 is 2.90 bits per heavy atom. The van der Waals surface area contributed by atoms with Crippen LogP contribution in [0.1, 0.15) is 13.3 Å². The molecular formula is C14H16BrFN4O. The molecule has 7 heteroatoms. The number of rotatable bonds is 6. The molecule has 1 aromatic carbocycles. The van der Waals surface area contributed by atoms with Crippen molar-refractivity contribution in [3.8, 4) is 5.75 Å². The summed E-state index contributed by atoms with van der Waals surface area (Å²) >= 11 is 3.37. The third kappa shape index (κ3) is 4.04. The Hall–Kier alpha value is -1.89. The number of hydrogen-bond acceptors (Lipinski definition) is 5. The van der Waals surface area contributed by atoms with Gasteiger partial charge in [0.2, 0.25) is 5.95 Å². The Kier molecular flexibility index (Phi) is 5.32. The number of nitrogens with one attached hydrogen (secondary N) is 2. The summed E-state index contributed by atoms with van der Waals surface area (Å²) in [5.41, 5.74) is 0.675. The van der Waals surface area contributed by atoms with Crippen molar-refractivity contribution in [2.45, 2.75) is 13.3 Å². The molecule has 0 fully saturated rings. The Morgan fingerprint density at radius 1 is 1.38 bits per heavy atom. The molecule has 2 rings (SSSR count). The lowest BCUT2D eigenvalue weighted by molar-refractivity contribution is 0.412. The molecule has 0 atom stereocenters. The number of ether oxygens (including phenoxy) is 1. The van der Waals surface area contributed by atoms with Crippen LogP contribution in [0.4, 0.5) is 21.8 Å². The molecule has 5 nitrogen and oxygen atoms in total. The van der Waals surface area contributed by atoms with Crippen molar-refractivity contribution >= 4 is 33.4 Å². The number of hydrogen-bond donors (Lipinski definition) is 2. The van der Waals surface area contributed by atoms with Crippen LogP contribution in [0.2, 0.25) is 0 Å². The predicted molar refractivity (Wildman–Crippen MR) is 84.7 cm³/mol. The van der Waals surface area contributed by atoms with Crippen LogP contribution in [0.15, 0.2) is 28.9 Å². The van der Waals surface area contributed by atoms with Crippen LogP contribution in [-0.4, -0.2) is 23.6 Å². The highest BCUT2D eigenvalue weighted by atomic mass is 79.9. The van der Waals surface area contributed by atoms with Gasteiger partial charge in [-0.3, -0.25) is 0 Å². The summed E-state index contributed by atoms with van der Waals surface area (Å²) in [7, 11) is 1.57. The fourth-order valence-electron chi connectivity index (χ4n) is 1.65. The molecule has 0 bridgehead atoms. The average Bonchev–Trinajstić information content (AvgIpc) is 2.50. The second-order valence-corrected chi connectivity index (χ2v) is 5.15. The fourth-order valence-corrected chi connectivity index (χ4v) is 2.06. The highest BCUT2D eigenvalue weighted by Crippen LogP contribution is 2.29. The van der Waals surface area contributed by atoms with Gasteiger partial charge in [0.25, 0.3) is 0 Å². The van der Waals surface area contributed by atoms with E-state index in [2.05, 4.69) is 36.5 Å². The van der Waals surface area contributed by atoms with Crippen molar-refractivity contribution in [1.82, 2.24) is 9.97 Å². The summed E-state index contributed by atoms with van der Waals surface area (Å²) in [5, 5.41) is 5.94. The summed E-state index contributed by atoms with van der Waals surface area (Å²) in [6, 6.07) is 5.37. The highest BCUT2D eigenvalue weighted by molar-refractivity contribution is 9.10. The van der Waals surface area contributed by atoms with Gasteiger partial charge in [-0.05, 0) is 34.5 Å². The number of methoxy groups -OCH3 is 1. The van der Waals surface area contributed by atoms with E-state index in [0.29, 0.717) is 17.4 Å². The lowest BCUT2D eigenvalue weighted by Crippen LogP contribution is -2.07. The van der Waals surface area contributed by atoms with Crippen molar-refractivity contribution in [1.29, 1.82) is 0 Å². The molecular weight excluding hydrogens is 339 g/mol. The minimum Gasteiger partial charge on any atom is -0.495 e. The number of anilines is 3. The lowest BCUT2D eigenvalue weighted by Gasteiger charge is -2.10. The molecule has 1 aromatic heterocycles. The minimum absolute atomic E-state index is 0.118. The number of nitrogens with zero attached hydrogens (tertiary/aromatic N) is 2. The first-order valence-electron chi connectivity index (χ1n) is 6.51. The lowest BCUT2D eigenvalue weighted by atomic mass is 10.3. The van der Waals surface area contributed by atoms with E-state index in [9.17, 15) is 4.39 Å². The molecule has 0 spiro atoms. The van der Waals surface area contributed by atoms with Crippen molar-refractivity contribution in [3.63, 3.8) is 0 Å². The van der Waals surface area contributed by atoms with Crippen LogP contribution < -0.4 is 15.4 Å². The number of benzene rings is 1. The summed E-state index contributed by atoms with van der Waals surface area (Å²) in [4.78, 5) is 8.02. The SMILES string of the molecule is CCCNc1ncc(F)c(Nc2ccc(Br)c(OC)c2)n1. The molecule has 0 amide bonds. The Morgan fingerprint density at radius 2 is 2.19 bits per heavy atom. The standard InChI is InChI=1S/C14H16BrFN4O/c1-3-6-17-14-18-8-11(16)13(20-14)19-9-4-5-10(15)12(7-9)21-2/h4-5,7-8H,3,6H2,1-2H3,(H2,17,18,19,20). The van der Waals surface area contributed by atoms with Crippen molar-refractivity contribution in [2.24, 2.45) is 0 Å². The van der Waals surface area contributed by atoms with Crippen LogP contribution in [0.3, 0.4) is 0 Å². The van der Waals surface area contributed by atoms with Crippen LogP contribution >= 0.6 is 15.9 Å². The molecule has 0 aliphatic rings. The van der Waals surface area contributed by atoms with Gasteiger partial charge in [0.15, 0.2) is 11.6 Å². The van der Waals surface area contributed by atoms with Gasteiger partial charge in [-0.2, -0.15) is 4.98 Å². The van der Waals surface area contributed by atoms with Crippen LogP contribution in [0.25, 0.3) is 0 Å². The van der Waals surface area contributed by atoms with Gasteiger partial charge in [-0.25, -0.2) is 9.37 Å². The molecule has 1 heterocycles. The van der Waals surface area contributed by atoms with Gasteiger partial charge in [0, 0.05) is 18.3 Å². The third-order valence-electron chi connectivity index (χ3n) is 2.69. The third-order valence-corrected chi connectivity index (χ3v) is 3.35. The first-order chi connectivity index (χ1) is 10.1. The summed E-state index contributed by atoms with van der Waals surface area (Å²) in [6.45, 7) is 2.76. The quantitative estimate of drug-likeness (QED) is 0.822. The first-order valence-corrected chi connectivity index (χ1v) is 7.30. The zero-order chi connectivity index (χ0) is 15.2. The van der Waals surface area contributed by atoms with Gasteiger partial charge in [0.05, 0.1) is 17.8 Å². The van der Waals surface area contributed by atoms with Crippen LogP contribution in [-0.2, 0) is 0 Å². The molecule has 0 aliphatic heterocycles. The van der Waals surface area contributed by atoms with E-state index in [-0.39, 0.29) is 5.82 Å². The fraction of sp³-hybridized carbons (Fsp3) is 0.286. The Labute approximate surface area is 131 Å². The maximum Gasteiger partial charge on any atom is 0.224 e. The molecule has 112 valence electrons. The van der Waals surface area contributed by atoms with Crippen molar-refractivity contribution in [3.05, 3.63) is 34.7 Å². The monoisotopic (exact) mass is 354 g/mol. The van der Waals surface area contributed by atoms with E-state index < -0.39 is 5.82 Å². The number of halogens is 2. The van der Waals surface area contributed by atoms with Gasteiger partial charge < -0.3 is 15.4 Å². The summed E-state index contributed by atoms with van der Waals surface area (Å²) in [6.07, 6.45) is 2.08. The Bertz CT molecular complexity index is 624. The zero-order valence-corrected chi connectivity index (χ0v) is 13.4. The second-order valence-electron chi connectivity index (χ2n) is 4.29. The normalized spacial score (nSPS) is 10.3. The molecule has 0 aliphatic carbocycles. The van der Waals surface area contributed by atoms with E-state index in [1.165, 1.54) is 0 Å². The molecule has 0 saturated carbocycles. The molecule has 2 N–H and O–H groups in total. The molecule has 0 unspecified atom stereocenters. The summed E-state index contributed by atoms with van der Waals surface area (Å²) in [5.74, 6) is 0.649. The van der Waals surface area contributed by atoms with E-state index in [1.807, 2.05) is 13.0 Å². The maximum atomic E-state index is 13.8. The predicted octanol–water partition coefficient (Wildman–Crippen LogP) is 3.95. The topological polar surface area (TPSA) is 59.1 Å². The minimum atomic E-state index is -0.515. The largest absolute Gasteiger partial charge is 0.495 e. The smallest absolute Gasteiger partial charge is 0.224 e. The highest BCUT2D eigenvalue weighted by Gasteiger charge is 2.08. The van der Waals surface area contributed by atoms with Crippen molar-refractivity contribution < 1.29 is 9.13 Å². The average molecular weight is 355 g/mol. The maximum absolute atomic E-state index is 13.8. The van der Waals surface area contributed by atoms with Crippen LogP contribution in [0, 0.1) is 5.82 Å². The van der Waals surface area contributed by atoms with Gasteiger partial charge in [0.1, 0.15) is 5.75 Å². The van der Waals surface area contributed by atoms with E-state index in [1.54, 1.807) is 19.2 Å². The molecule has 21 heavy (non-hydrogen) atoms. The molecule has 2 aromatic rings. The molecule has 0 radical (unpaired) electrons. The second kappa shape index (κ2) is 7.21. The first kappa shape index (κ1) is 15.5. The van der Waals surface area contributed by atoms with E-state index in [4.69, 9.17) is 4.74 Å².